The number of anilines is 1. The Balaban J connectivity index is 1.35. The van der Waals surface area contributed by atoms with Crippen molar-refractivity contribution >= 4 is 39.3 Å². The molecule has 0 radical (unpaired) electrons. The van der Waals surface area contributed by atoms with Crippen LogP contribution in [0.3, 0.4) is 0 Å². The van der Waals surface area contributed by atoms with Crippen molar-refractivity contribution < 1.29 is 32.2 Å². The van der Waals surface area contributed by atoms with Crippen LogP contribution in [0.2, 0.25) is 5.02 Å². The van der Waals surface area contributed by atoms with Crippen molar-refractivity contribution in [3.05, 3.63) is 64.7 Å². The van der Waals surface area contributed by atoms with Crippen LogP contribution < -0.4 is 19.7 Å². The molecule has 6 rings (SSSR count). The Bertz CT molecular complexity index is 1620. The molecule has 2 aromatic carbocycles. The number of ether oxygens (including phenoxy) is 3. The molecule has 0 spiro atoms. The number of nitrogens with zero attached hydrogens (tertiary/aromatic N) is 1. The first-order chi connectivity index (χ1) is 22.5. The summed E-state index contributed by atoms with van der Waals surface area (Å²) >= 11 is 6.33. The third-order valence-corrected chi connectivity index (χ3v) is 11.3. The lowest BCUT2D eigenvalue weighted by molar-refractivity contribution is -0.139. The molecule has 2 saturated carbocycles. The minimum Gasteiger partial charge on any atom is -0.487 e. The molecule has 2 aromatic rings. The van der Waals surface area contributed by atoms with E-state index in [9.17, 15) is 18.0 Å². The van der Waals surface area contributed by atoms with E-state index in [1.165, 1.54) is 19.9 Å². The van der Waals surface area contributed by atoms with Crippen LogP contribution in [0.5, 0.6) is 5.75 Å². The second-order valence-corrected chi connectivity index (χ2v) is 15.7. The van der Waals surface area contributed by atoms with Gasteiger partial charge in [-0.2, -0.15) is 0 Å². The number of rotatable bonds is 3. The Kier molecular flexibility index (Phi) is 10.1. The second kappa shape index (κ2) is 14.1. The molecule has 2 heterocycles. The highest BCUT2D eigenvalue weighted by Crippen LogP contribution is 2.42. The van der Waals surface area contributed by atoms with Crippen LogP contribution in [0.4, 0.5) is 10.5 Å². The third kappa shape index (κ3) is 8.24. The first kappa shape index (κ1) is 33.6. The van der Waals surface area contributed by atoms with Crippen LogP contribution in [0.1, 0.15) is 63.5 Å². The highest BCUT2D eigenvalue weighted by atomic mass is 35.5. The third-order valence-electron chi connectivity index (χ3n) is 9.73. The number of amides is 2. The van der Waals surface area contributed by atoms with Crippen molar-refractivity contribution in [2.24, 2.45) is 17.8 Å². The summed E-state index contributed by atoms with van der Waals surface area (Å²) in [6.07, 6.45) is 9.35. The molecular formula is C35H44ClN3O7S. The van der Waals surface area contributed by atoms with E-state index in [-0.39, 0.29) is 23.3 Å². The average molecular weight is 686 g/mol. The Morgan fingerprint density at radius 1 is 1.11 bits per heavy atom. The quantitative estimate of drug-likeness (QED) is 0.391. The fraction of sp³-hybridized carbons (Fsp3) is 0.543. The molecule has 10 nitrogen and oxygen atoms in total. The number of carbonyl (C=O) groups excluding carboxylic acids is 2. The molecule has 2 aliphatic heterocycles. The summed E-state index contributed by atoms with van der Waals surface area (Å²) in [5, 5.41) is 3.59. The van der Waals surface area contributed by atoms with Gasteiger partial charge in [0.25, 0.3) is 15.9 Å². The van der Waals surface area contributed by atoms with Crippen molar-refractivity contribution in [3.8, 4) is 5.75 Å². The molecule has 2 amide bonds. The van der Waals surface area contributed by atoms with E-state index in [4.69, 9.17) is 25.8 Å². The zero-order chi connectivity index (χ0) is 33.2. The lowest BCUT2D eigenvalue weighted by Crippen LogP contribution is -2.47. The van der Waals surface area contributed by atoms with Gasteiger partial charge < -0.3 is 24.4 Å². The predicted octanol–water partition coefficient (Wildman–Crippen LogP) is 5.76. The number of halogens is 1. The number of fused-ring (bicyclic) bond motifs is 3. The summed E-state index contributed by atoms with van der Waals surface area (Å²) in [5.41, 5.74) is 1.35. The average Bonchev–Trinajstić information content (AvgIpc) is 3.84. The Morgan fingerprint density at radius 3 is 2.70 bits per heavy atom. The van der Waals surface area contributed by atoms with Crippen molar-refractivity contribution in [3.63, 3.8) is 0 Å². The van der Waals surface area contributed by atoms with Crippen LogP contribution in [-0.2, 0) is 37.3 Å². The second-order valence-electron chi connectivity index (χ2n) is 13.6. The number of hydrogen-bond acceptors (Lipinski definition) is 8. The lowest BCUT2D eigenvalue weighted by atomic mass is 9.70. The Morgan fingerprint density at radius 2 is 1.94 bits per heavy atom. The monoisotopic (exact) mass is 685 g/mol. The van der Waals surface area contributed by atoms with Crippen molar-refractivity contribution in [2.75, 3.05) is 31.1 Å². The topological polar surface area (TPSA) is 123 Å². The molecule has 0 unspecified atom stereocenters. The molecule has 4 aliphatic rings. The van der Waals surface area contributed by atoms with Gasteiger partial charge >= 0.3 is 6.09 Å². The zero-order valence-electron chi connectivity index (χ0n) is 27.0. The predicted molar refractivity (Wildman–Crippen MR) is 179 cm³/mol. The van der Waals surface area contributed by atoms with Gasteiger partial charge in [0.15, 0.2) is 0 Å². The standard InChI is InChI=1S/C35H44ClN3O7S/c1-35(2)33(40)38-47(42,43)28-13-15-32-30(19-28)39(16-4-3-6-24-18-27(36)12-10-26(24)22-44-32)21-25-11-14-29(25)31(7-5-17-45-35)46-34(41)37-20-23-8-9-23/h5,7,10,12-13,15,18-19,23,25,29,31H,3-4,6,8-9,11,14,16-17,20-22H2,1-2H3,(H,37,41)(H,38,40)/b7-5+/t25-,29+,31-/m0/s1. The number of nitrogens with one attached hydrogen (secondary N) is 2. The van der Waals surface area contributed by atoms with Crippen molar-refractivity contribution in [1.29, 1.82) is 0 Å². The highest BCUT2D eigenvalue weighted by molar-refractivity contribution is 7.90. The molecule has 12 heteroatoms. The van der Waals surface area contributed by atoms with E-state index < -0.39 is 33.7 Å². The summed E-state index contributed by atoms with van der Waals surface area (Å²) < 4.78 is 47.5. The minimum absolute atomic E-state index is 0.0390. The van der Waals surface area contributed by atoms with Crippen LogP contribution in [0.25, 0.3) is 0 Å². The summed E-state index contributed by atoms with van der Waals surface area (Å²) in [6.45, 7) is 5.27. The van der Waals surface area contributed by atoms with E-state index in [1.54, 1.807) is 18.2 Å². The summed E-state index contributed by atoms with van der Waals surface area (Å²) in [4.78, 5) is 28.2. The van der Waals surface area contributed by atoms with Crippen LogP contribution in [0, 0.1) is 17.8 Å². The number of aryl methyl sites for hydroxylation is 1. The summed E-state index contributed by atoms with van der Waals surface area (Å²) in [5.74, 6) is 0.525. The molecule has 3 atom stereocenters. The van der Waals surface area contributed by atoms with Gasteiger partial charge in [-0.1, -0.05) is 23.7 Å². The summed E-state index contributed by atoms with van der Waals surface area (Å²) in [7, 11) is -4.23. The van der Waals surface area contributed by atoms with Gasteiger partial charge in [0.1, 0.15) is 24.1 Å². The van der Waals surface area contributed by atoms with Gasteiger partial charge in [-0.05, 0) is 118 Å². The van der Waals surface area contributed by atoms with Gasteiger partial charge in [0.05, 0.1) is 17.2 Å². The maximum atomic E-state index is 13.6. The van der Waals surface area contributed by atoms with Gasteiger partial charge in [0, 0.05) is 30.6 Å². The van der Waals surface area contributed by atoms with Crippen molar-refractivity contribution in [2.45, 2.75) is 82.0 Å². The summed E-state index contributed by atoms with van der Waals surface area (Å²) in [6, 6.07) is 10.5. The molecule has 47 heavy (non-hydrogen) atoms. The van der Waals surface area contributed by atoms with E-state index in [2.05, 4.69) is 14.9 Å². The highest BCUT2D eigenvalue weighted by Gasteiger charge is 2.40. The lowest BCUT2D eigenvalue weighted by Gasteiger charge is -2.43. The maximum Gasteiger partial charge on any atom is 0.407 e. The number of hydrogen-bond donors (Lipinski definition) is 2. The molecular weight excluding hydrogens is 642 g/mol. The number of alkyl carbamates (subject to hydrolysis) is 1. The van der Waals surface area contributed by atoms with Gasteiger partial charge in [-0.15, -0.1) is 0 Å². The van der Waals surface area contributed by atoms with E-state index in [1.807, 2.05) is 24.3 Å². The molecule has 2 aliphatic carbocycles. The SMILES string of the molecule is CC1(C)OC/C=C/[C@H](OC(=O)NCC2CC2)[C@@H]2CC[C@H]2CN2CCCCc3cc(Cl)ccc3COc3ccc(cc32)S(=O)(=O)NC1=O. The van der Waals surface area contributed by atoms with E-state index in [0.29, 0.717) is 48.6 Å². The largest absolute Gasteiger partial charge is 0.487 e. The van der Waals surface area contributed by atoms with Crippen LogP contribution in [0.15, 0.2) is 53.4 Å². The smallest absolute Gasteiger partial charge is 0.407 e. The Hall–Kier alpha value is -3.28. The van der Waals surface area contributed by atoms with Gasteiger partial charge in [-0.25, -0.2) is 17.9 Å². The number of sulfonamides is 1. The number of carbonyl (C=O) groups is 2. The molecule has 2 N–H and O–H groups in total. The number of benzene rings is 2. The van der Waals surface area contributed by atoms with E-state index >= 15 is 0 Å². The maximum absolute atomic E-state index is 13.6. The molecule has 0 aromatic heterocycles. The van der Waals surface area contributed by atoms with Gasteiger partial charge in [0.2, 0.25) is 0 Å². The molecule has 2 fully saturated rings. The normalized spacial score (nSPS) is 26.5. The zero-order valence-corrected chi connectivity index (χ0v) is 28.6. The molecule has 254 valence electrons. The van der Waals surface area contributed by atoms with Crippen LogP contribution >= 0.6 is 11.6 Å². The minimum atomic E-state index is -4.23. The fourth-order valence-corrected chi connectivity index (χ4v) is 7.74. The molecule has 0 saturated heterocycles. The molecule has 2 bridgehead atoms. The Labute approximate surface area is 282 Å². The first-order valence-electron chi connectivity index (χ1n) is 16.6. The fourth-order valence-electron chi connectivity index (χ4n) is 6.42. The first-order valence-corrected chi connectivity index (χ1v) is 18.5. The van der Waals surface area contributed by atoms with E-state index in [0.717, 1.165) is 56.1 Å². The van der Waals surface area contributed by atoms with Gasteiger partial charge in [-0.3, -0.25) is 4.79 Å². The van der Waals surface area contributed by atoms with Crippen molar-refractivity contribution in [1.82, 2.24) is 10.0 Å². The van der Waals surface area contributed by atoms with Crippen LogP contribution in [-0.4, -0.2) is 58.4 Å².